The highest BCUT2D eigenvalue weighted by atomic mass is 19.1. The van der Waals surface area contributed by atoms with E-state index < -0.39 is 0 Å². The van der Waals surface area contributed by atoms with E-state index in [0.717, 1.165) is 5.92 Å². The minimum absolute atomic E-state index is 0.0572. The number of amides is 1. The van der Waals surface area contributed by atoms with Gasteiger partial charge < -0.3 is 5.32 Å². The Balaban J connectivity index is 1.76. The van der Waals surface area contributed by atoms with Crippen molar-refractivity contribution < 1.29 is 9.18 Å². The molecule has 4 heteroatoms. The molecule has 0 heterocycles. The molecule has 0 spiro atoms. The van der Waals surface area contributed by atoms with Crippen LogP contribution in [0.2, 0.25) is 0 Å². The summed E-state index contributed by atoms with van der Waals surface area (Å²) in [5.74, 6) is 0.408. The van der Waals surface area contributed by atoms with Gasteiger partial charge in [0.2, 0.25) is 5.91 Å². The summed E-state index contributed by atoms with van der Waals surface area (Å²) in [4.78, 5) is 13.9. The lowest BCUT2D eigenvalue weighted by atomic mass is 10.2. The third-order valence-electron chi connectivity index (χ3n) is 3.83. The van der Waals surface area contributed by atoms with Crippen LogP contribution in [-0.4, -0.2) is 30.4 Å². The molecular weight excluding hydrogens is 243 g/mol. The van der Waals surface area contributed by atoms with Crippen LogP contribution in [0.4, 0.5) is 4.39 Å². The van der Waals surface area contributed by atoms with Crippen molar-refractivity contribution in [2.45, 2.75) is 32.4 Å². The molecule has 0 bridgehead atoms. The second-order valence-electron chi connectivity index (χ2n) is 5.36. The molecule has 1 aromatic carbocycles. The third kappa shape index (κ3) is 4.03. The Morgan fingerprint density at radius 3 is 2.79 bits per heavy atom. The first-order valence-electron chi connectivity index (χ1n) is 6.78. The summed E-state index contributed by atoms with van der Waals surface area (Å²) in [6, 6.07) is 6.95. The summed E-state index contributed by atoms with van der Waals surface area (Å²) in [7, 11) is 1.96. The summed E-state index contributed by atoms with van der Waals surface area (Å²) in [6.45, 7) is 2.77. The first-order valence-corrected chi connectivity index (χ1v) is 6.78. The van der Waals surface area contributed by atoms with Gasteiger partial charge in [-0.15, -0.1) is 0 Å². The number of benzene rings is 1. The first kappa shape index (κ1) is 14.0. The van der Waals surface area contributed by atoms with Gasteiger partial charge in [0.25, 0.3) is 0 Å². The zero-order chi connectivity index (χ0) is 13.8. The van der Waals surface area contributed by atoms with Gasteiger partial charge in [0, 0.05) is 18.2 Å². The van der Waals surface area contributed by atoms with Crippen molar-refractivity contribution in [3.63, 3.8) is 0 Å². The van der Waals surface area contributed by atoms with Gasteiger partial charge in [-0.1, -0.05) is 18.2 Å². The van der Waals surface area contributed by atoms with E-state index >= 15 is 0 Å². The molecule has 0 aromatic heterocycles. The van der Waals surface area contributed by atoms with Crippen molar-refractivity contribution >= 4 is 5.91 Å². The van der Waals surface area contributed by atoms with Crippen molar-refractivity contribution in [2.75, 3.05) is 13.6 Å². The highest BCUT2D eigenvalue weighted by molar-refractivity contribution is 5.78. The maximum absolute atomic E-state index is 13.4. The van der Waals surface area contributed by atoms with Crippen LogP contribution in [0.3, 0.4) is 0 Å². The highest BCUT2D eigenvalue weighted by Gasteiger charge is 2.30. The topological polar surface area (TPSA) is 32.3 Å². The summed E-state index contributed by atoms with van der Waals surface area (Å²) < 4.78 is 13.4. The monoisotopic (exact) mass is 264 g/mol. The lowest BCUT2D eigenvalue weighted by molar-refractivity contribution is -0.122. The zero-order valence-corrected chi connectivity index (χ0v) is 11.5. The van der Waals surface area contributed by atoms with E-state index in [2.05, 4.69) is 17.1 Å². The number of carbonyl (C=O) groups is 1. The van der Waals surface area contributed by atoms with Gasteiger partial charge in [-0.25, -0.2) is 4.39 Å². The predicted octanol–water partition coefficient (Wildman–Crippen LogP) is 2.17. The summed E-state index contributed by atoms with van der Waals surface area (Å²) >= 11 is 0. The van der Waals surface area contributed by atoms with Crippen LogP contribution in [-0.2, 0) is 11.3 Å². The number of nitrogens with zero attached hydrogens (tertiary/aromatic N) is 1. The molecule has 1 aromatic rings. The van der Waals surface area contributed by atoms with Crippen molar-refractivity contribution in [3.05, 3.63) is 35.6 Å². The van der Waals surface area contributed by atoms with Crippen LogP contribution in [0.25, 0.3) is 0 Å². The Labute approximate surface area is 113 Å². The molecule has 2 rings (SSSR count). The van der Waals surface area contributed by atoms with Crippen LogP contribution in [0.1, 0.15) is 25.3 Å². The SMILES string of the molecule is CC(C1CC1)N(C)CC(=O)NCc1ccccc1F. The molecule has 104 valence electrons. The maximum Gasteiger partial charge on any atom is 0.234 e. The minimum atomic E-state index is -0.275. The largest absolute Gasteiger partial charge is 0.351 e. The van der Waals surface area contributed by atoms with Crippen LogP contribution >= 0.6 is 0 Å². The van der Waals surface area contributed by atoms with E-state index in [-0.39, 0.29) is 18.3 Å². The summed E-state index contributed by atoms with van der Waals surface area (Å²) in [5.41, 5.74) is 0.522. The molecule has 1 aliphatic carbocycles. The van der Waals surface area contributed by atoms with E-state index in [4.69, 9.17) is 0 Å². The Bertz CT molecular complexity index is 446. The average Bonchev–Trinajstić information content (AvgIpc) is 3.21. The normalized spacial score (nSPS) is 16.4. The van der Waals surface area contributed by atoms with Crippen molar-refractivity contribution in [1.82, 2.24) is 10.2 Å². The van der Waals surface area contributed by atoms with Gasteiger partial charge in [0.1, 0.15) is 5.82 Å². The molecule has 0 radical (unpaired) electrons. The number of nitrogens with one attached hydrogen (secondary N) is 1. The van der Waals surface area contributed by atoms with Crippen molar-refractivity contribution in [2.24, 2.45) is 5.92 Å². The number of hydrogen-bond acceptors (Lipinski definition) is 2. The molecule has 1 amide bonds. The van der Waals surface area contributed by atoms with Crippen LogP contribution in [0, 0.1) is 11.7 Å². The Morgan fingerprint density at radius 1 is 1.47 bits per heavy atom. The van der Waals surface area contributed by atoms with Gasteiger partial charge in [-0.3, -0.25) is 9.69 Å². The fourth-order valence-corrected chi connectivity index (χ4v) is 2.20. The smallest absolute Gasteiger partial charge is 0.234 e. The molecule has 1 saturated carbocycles. The van der Waals surface area contributed by atoms with E-state index in [1.54, 1.807) is 18.2 Å². The average molecular weight is 264 g/mol. The molecule has 3 nitrogen and oxygen atoms in total. The Morgan fingerprint density at radius 2 is 2.16 bits per heavy atom. The van der Waals surface area contributed by atoms with Gasteiger partial charge in [-0.2, -0.15) is 0 Å². The van der Waals surface area contributed by atoms with Gasteiger partial charge >= 0.3 is 0 Å². The molecule has 1 aliphatic rings. The minimum Gasteiger partial charge on any atom is -0.351 e. The first-order chi connectivity index (χ1) is 9.08. The molecule has 1 unspecified atom stereocenters. The van der Waals surface area contributed by atoms with E-state index in [1.807, 2.05) is 7.05 Å². The maximum atomic E-state index is 13.4. The van der Waals surface area contributed by atoms with Crippen LogP contribution in [0.5, 0.6) is 0 Å². The number of rotatable bonds is 6. The predicted molar refractivity (Wildman–Crippen MR) is 73.1 cm³/mol. The second kappa shape index (κ2) is 6.15. The van der Waals surface area contributed by atoms with Crippen LogP contribution < -0.4 is 5.32 Å². The van der Waals surface area contributed by atoms with Crippen LogP contribution in [0.15, 0.2) is 24.3 Å². The molecule has 0 saturated heterocycles. The number of hydrogen-bond donors (Lipinski definition) is 1. The highest BCUT2D eigenvalue weighted by Crippen LogP contribution is 2.34. The van der Waals surface area contributed by atoms with Crippen molar-refractivity contribution in [3.8, 4) is 0 Å². The number of likely N-dealkylation sites (N-methyl/N-ethyl adjacent to an activating group) is 1. The number of carbonyl (C=O) groups excluding carboxylic acids is 1. The lowest BCUT2D eigenvalue weighted by Gasteiger charge is -2.23. The lowest BCUT2D eigenvalue weighted by Crippen LogP contribution is -2.40. The molecule has 0 aliphatic heterocycles. The fraction of sp³-hybridized carbons (Fsp3) is 0.533. The molecule has 19 heavy (non-hydrogen) atoms. The standard InChI is InChI=1S/C15H21FN2O/c1-11(12-7-8-12)18(2)10-15(19)17-9-13-5-3-4-6-14(13)16/h3-6,11-12H,7-10H2,1-2H3,(H,17,19). The Kier molecular flexibility index (Phi) is 4.53. The summed E-state index contributed by atoms with van der Waals surface area (Å²) in [6.07, 6.45) is 2.53. The number of halogens is 1. The second-order valence-corrected chi connectivity index (χ2v) is 5.36. The third-order valence-corrected chi connectivity index (χ3v) is 3.83. The molecular formula is C15H21FN2O. The van der Waals surface area contributed by atoms with Gasteiger partial charge in [0.05, 0.1) is 6.54 Å². The van der Waals surface area contributed by atoms with E-state index in [9.17, 15) is 9.18 Å². The quantitative estimate of drug-likeness (QED) is 0.854. The molecule has 1 N–H and O–H groups in total. The van der Waals surface area contributed by atoms with E-state index in [1.165, 1.54) is 18.9 Å². The van der Waals surface area contributed by atoms with E-state index in [0.29, 0.717) is 18.2 Å². The van der Waals surface area contributed by atoms with Gasteiger partial charge in [0.15, 0.2) is 0 Å². The molecule has 1 fully saturated rings. The summed E-state index contributed by atoms with van der Waals surface area (Å²) in [5, 5.41) is 2.76. The van der Waals surface area contributed by atoms with Crippen molar-refractivity contribution in [1.29, 1.82) is 0 Å². The van der Waals surface area contributed by atoms with Gasteiger partial charge in [-0.05, 0) is 38.8 Å². The fourth-order valence-electron chi connectivity index (χ4n) is 2.20. The zero-order valence-electron chi connectivity index (χ0n) is 11.5. The molecule has 1 atom stereocenters. The Hall–Kier alpha value is -1.42.